The number of hydrogen-bond acceptors (Lipinski definition) is 6. The van der Waals surface area contributed by atoms with Crippen molar-refractivity contribution in [3.8, 4) is 6.07 Å². The van der Waals surface area contributed by atoms with Gasteiger partial charge in [0.25, 0.3) is 0 Å². The highest BCUT2D eigenvalue weighted by atomic mass is 16.5. The lowest BCUT2D eigenvalue weighted by Gasteiger charge is -2.36. The molecule has 1 saturated heterocycles. The molecule has 0 amide bonds. The van der Waals surface area contributed by atoms with Crippen molar-refractivity contribution >= 4 is 22.8 Å². The molecular weight excluding hydrogens is 316 g/mol. The number of carbonyl (C=O) groups excluding carboxylic acids is 1. The zero-order valence-corrected chi connectivity index (χ0v) is 14.8. The summed E-state index contributed by atoms with van der Waals surface area (Å²) in [5.41, 5.74) is 1.81. The summed E-state index contributed by atoms with van der Waals surface area (Å²) in [6.45, 7) is 6.09. The first-order valence-corrected chi connectivity index (χ1v) is 8.52. The SMILES string of the molecule is COC(=O)C(C#N)c1nc2ccccc2nc1N1CC(C)CC(C)C1. The van der Waals surface area contributed by atoms with Crippen LogP contribution in [0.25, 0.3) is 11.0 Å². The number of ether oxygens (including phenoxy) is 1. The monoisotopic (exact) mass is 338 g/mol. The van der Waals surface area contributed by atoms with Gasteiger partial charge in [0.05, 0.1) is 24.2 Å². The van der Waals surface area contributed by atoms with Crippen LogP contribution in [0, 0.1) is 23.2 Å². The highest BCUT2D eigenvalue weighted by molar-refractivity contribution is 5.85. The van der Waals surface area contributed by atoms with Crippen molar-refractivity contribution in [1.29, 1.82) is 5.26 Å². The second-order valence-corrected chi connectivity index (χ2v) is 6.86. The Bertz CT molecular complexity index is 820. The van der Waals surface area contributed by atoms with Crippen molar-refractivity contribution in [2.75, 3.05) is 25.1 Å². The number of para-hydroxylation sites is 2. The maximum absolute atomic E-state index is 12.1. The Labute approximate surface area is 147 Å². The van der Waals surface area contributed by atoms with Crippen molar-refractivity contribution in [1.82, 2.24) is 9.97 Å². The topological polar surface area (TPSA) is 79.1 Å². The predicted octanol–water partition coefficient (Wildman–Crippen LogP) is 2.89. The van der Waals surface area contributed by atoms with Crippen molar-refractivity contribution in [2.24, 2.45) is 11.8 Å². The summed E-state index contributed by atoms with van der Waals surface area (Å²) in [4.78, 5) is 23.6. The van der Waals surface area contributed by atoms with Crippen molar-refractivity contribution in [3.05, 3.63) is 30.0 Å². The third-order valence-corrected chi connectivity index (χ3v) is 4.59. The van der Waals surface area contributed by atoms with Crippen LogP contribution in [0.4, 0.5) is 5.82 Å². The Hall–Kier alpha value is -2.68. The van der Waals surface area contributed by atoms with Crippen LogP contribution in [0.2, 0.25) is 0 Å². The maximum atomic E-state index is 12.1. The average molecular weight is 338 g/mol. The third-order valence-electron chi connectivity index (χ3n) is 4.59. The summed E-state index contributed by atoms with van der Waals surface area (Å²) in [5.74, 6) is -0.0304. The number of piperidine rings is 1. The van der Waals surface area contributed by atoms with Gasteiger partial charge in [-0.05, 0) is 30.4 Å². The highest BCUT2D eigenvalue weighted by Gasteiger charge is 2.32. The Morgan fingerprint density at radius 1 is 1.24 bits per heavy atom. The molecule has 0 radical (unpaired) electrons. The summed E-state index contributed by atoms with van der Waals surface area (Å²) in [5, 5.41) is 9.54. The zero-order valence-electron chi connectivity index (χ0n) is 14.8. The van der Waals surface area contributed by atoms with Crippen LogP contribution in [0.15, 0.2) is 24.3 Å². The van der Waals surface area contributed by atoms with E-state index in [9.17, 15) is 10.1 Å². The number of hydrogen-bond donors (Lipinski definition) is 0. The second kappa shape index (κ2) is 7.06. The number of fused-ring (bicyclic) bond motifs is 1. The number of rotatable bonds is 3. The minimum atomic E-state index is -1.08. The molecule has 3 atom stereocenters. The molecule has 0 aliphatic carbocycles. The van der Waals surface area contributed by atoms with Crippen LogP contribution in [-0.4, -0.2) is 36.1 Å². The lowest BCUT2D eigenvalue weighted by molar-refractivity contribution is -0.141. The summed E-state index contributed by atoms with van der Waals surface area (Å²) >= 11 is 0. The molecule has 1 aliphatic heterocycles. The quantitative estimate of drug-likeness (QED) is 0.801. The van der Waals surface area contributed by atoms with Gasteiger partial charge in [0, 0.05) is 13.1 Å². The van der Waals surface area contributed by atoms with E-state index >= 15 is 0 Å². The molecule has 130 valence electrons. The van der Waals surface area contributed by atoms with E-state index < -0.39 is 11.9 Å². The number of nitrogens with zero attached hydrogens (tertiary/aromatic N) is 4. The molecule has 0 N–H and O–H groups in total. The van der Waals surface area contributed by atoms with Gasteiger partial charge in [0.1, 0.15) is 5.69 Å². The van der Waals surface area contributed by atoms with E-state index in [-0.39, 0.29) is 0 Å². The van der Waals surface area contributed by atoms with Crippen LogP contribution in [0.3, 0.4) is 0 Å². The van der Waals surface area contributed by atoms with E-state index in [4.69, 9.17) is 9.72 Å². The third kappa shape index (κ3) is 3.41. The Morgan fingerprint density at radius 3 is 2.40 bits per heavy atom. The van der Waals surface area contributed by atoms with Gasteiger partial charge in [-0.15, -0.1) is 0 Å². The zero-order chi connectivity index (χ0) is 18.0. The minimum absolute atomic E-state index is 0.384. The molecule has 0 saturated carbocycles. The number of methoxy groups -OCH3 is 1. The van der Waals surface area contributed by atoms with E-state index in [2.05, 4.69) is 23.7 Å². The van der Waals surface area contributed by atoms with Gasteiger partial charge in [-0.25, -0.2) is 9.97 Å². The number of anilines is 1. The molecule has 6 heteroatoms. The van der Waals surface area contributed by atoms with Gasteiger partial charge in [0.15, 0.2) is 11.7 Å². The Morgan fingerprint density at radius 2 is 1.84 bits per heavy atom. The van der Waals surface area contributed by atoms with Gasteiger partial charge < -0.3 is 9.64 Å². The van der Waals surface area contributed by atoms with E-state index in [1.807, 2.05) is 30.3 Å². The van der Waals surface area contributed by atoms with Crippen LogP contribution in [0.5, 0.6) is 0 Å². The number of nitriles is 1. The first-order valence-electron chi connectivity index (χ1n) is 8.52. The molecule has 0 bridgehead atoms. The standard InChI is InChI=1S/C19H22N4O2/c1-12-8-13(2)11-23(10-12)18-17(14(9-20)19(24)25-3)21-15-6-4-5-7-16(15)22-18/h4-7,12-14H,8,10-11H2,1-3H3. The first kappa shape index (κ1) is 17.2. The molecule has 2 aromatic rings. The molecule has 2 heterocycles. The molecule has 1 aliphatic rings. The van der Waals surface area contributed by atoms with Gasteiger partial charge in [0.2, 0.25) is 0 Å². The lowest BCUT2D eigenvalue weighted by atomic mass is 9.91. The molecule has 6 nitrogen and oxygen atoms in total. The molecular formula is C19H22N4O2. The normalized spacial score (nSPS) is 21.6. The van der Waals surface area contributed by atoms with Crippen molar-refractivity contribution < 1.29 is 9.53 Å². The Balaban J connectivity index is 2.15. The molecule has 1 aromatic heterocycles. The van der Waals surface area contributed by atoms with Crippen LogP contribution < -0.4 is 4.90 Å². The van der Waals surface area contributed by atoms with Crippen LogP contribution in [0.1, 0.15) is 31.9 Å². The largest absolute Gasteiger partial charge is 0.468 e. The molecule has 25 heavy (non-hydrogen) atoms. The van der Waals surface area contributed by atoms with E-state index in [0.717, 1.165) is 25.0 Å². The summed E-state index contributed by atoms with van der Waals surface area (Å²) in [7, 11) is 1.28. The number of carbonyl (C=O) groups is 1. The number of benzene rings is 1. The average Bonchev–Trinajstić information content (AvgIpc) is 2.60. The highest BCUT2D eigenvalue weighted by Crippen LogP contribution is 2.32. The van der Waals surface area contributed by atoms with E-state index in [0.29, 0.717) is 28.9 Å². The van der Waals surface area contributed by atoms with Gasteiger partial charge >= 0.3 is 5.97 Å². The number of aromatic nitrogens is 2. The molecule has 3 rings (SSSR count). The van der Waals surface area contributed by atoms with E-state index in [1.165, 1.54) is 7.11 Å². The summed E-state index contributed by atoms with van der Waals surface area (Å²) in [6, 6.07) is 9.54. The molecule has 3 unspecified atom stereocenters. The fraction of sp³-hybridized carbons (Fsp3) is 0.474. The number of esters is 1. The van der Waals surface area contributed by atoms with Crippen molar-refractivity contribution in [2.45, 2.75) is 26.2 Å². The smallest absolute Gasteiger partial charge is 0.329 e. The van der Waals surface area contributed by atoms with Crippen LogP contribution >= 0.6 is 0 Å². The first-order chi connectivity index (χ1) is 12.0. The second-order valence-electron chi connectivity index (χ2n) is 6.86. The van der Waals surface area contributed by atoms with E-state index in [1.54, 1.807) is 0 Å². The fourth-order valence-electron chi connectivity index (χ4n) is 3.61. The predicted molar refractivity (Wildman–Crippen MR) is 95.1 cm³/mol. The molecule has 1 fully saturated rings. The minimum Gasteiger partial charge on any atom is -0.468 e. The van der Waals surface area contributed by atoms with Gasteiger partial charge in [-0.3, -0.25) is 4.79 Å². The van der Waals surface area contributed by atoms with Crippen molar-refractivity contribution in [3.63, 3.8) is 0 Å². The Kier molecular flexibility index (Phi) is 4.84. The van der Waals surface area contributed by atoms with Gasteiger partial charge in [-0.1, -0.05) is 26.0 Å². The van der Waals surface area contributed by atoms with Gasteiger partial charge in [-0.2, -0.15) is 5.26 Å². The molecule has 1 aromatic carbocycles. The van der Waals surface area contributed by atoms with Crippen LogP contribution in [-0.2, 0) is 9.53 Å². The fourth-order valence-corrected chi connectivity index (χ4v) is 3.61. The summed E-state index contributed by atoms with van der Waals surface area (Å²) in [6.07, 6.45) is 1.16. The molecule has 0 spiro atoms. The lowest BCUT2D eigenvalue weighted by Crippen LogP contribution is -2.40. The summed E-state index contributed by atoms with van der Waals surface area (Å²) < 4.78 is 4.81. The maximum Gasteiger partial charge on any atom is 0.329 e.